The largest absolute Gasteiger partial charge is 0.331 e. The smallest absolute Gasteiger partial charge is 0.313 e. The number of hydrogen-bond acceptors (Lipinski definition) is 4. The van der Waals surface area contributed by atoms with Crippen LogP contribution in [0.4, 0.5) is 5.69 Å². The van der Waals surface area contributed by atoms with Crippen LogP contribution in [-0.2, 0) is 16.0 Å². The molecule has 0 aromatic carbocycles. The third-order valence-corrected chi connectivity index (χ3v) is 4.43. The predicted octanol–water partition coefficient (Wildman–Crippen LogP) is 2.40. The van der Waals surface area contributed by atoms with Crippen LogP contribution in [0.5, 0.6) is 0 Å². The highest BCUT2D eigenvalue weighted by molar-refractivity contribution is 6.39. The molecule has 1 aliphatic heterocycles. The number of aromatic nitrogens is 2. The van der Waals surface area contributed by atoms with Gasteiger partial charge in [0.15, 0.2) is 0 Å². The van der Waals surface area contributed by atoms with Crippen LogP contribution in [0.15, 0.2) is 12.4 Å². The van der Waals surface area contributed by atoms with Crippen molar-refractivity contribution in [3.63, 3.8) is 0 Å². The molecule has 126 valence electrons. The van der Waals surface area contributed by atoms with E-state index in [4.69, 9.17) is 0 Å². The molecule has 1 aromatic rings. The van der Waals surface area contributed by atoms with Crippen LogP contribution in [0.2, 0.25) is 0 Å². The monoisotopic (exact) mass is 318 g/mol. The zero-order valence-corrected chi connectivity index (χ0v) is 14.2. The van der Waals surface area contributed by atoms with Crippen molar-refractivity contribution in [2.45, 2.75) is 58.9 Å². The maximum Gasteiger partial charge on any atom is 0.313 e. The molecule has 6 heteroatoms. The Morgan fingerprint density at radius 1 is 1.35 bits per heavy atom. The lowest BCUT2D eigenvalue weighted by atomic mass is 9.95. The summed E-state index contributed by atoms with van der Waals surface area (Å²) in [5, 5.41) is 2.61. The number of nitrogens with one attached hydrogen (secondary N) is 1. The van der Waals surface area contributed by atoms with Gasteiger partial charge in [0.2, 0.25) is 0 Å². The maximum absolute atomic E-state index is 12.5. The molecule has 0 bridgehead atoms. The molecule has 2 heterocycles. The van der Waals surface area contributed by atoms with E-state index in [1.54, 1.807) is 4.90 Å². The molecule has 6 nitrogen and oxygen atoms in total. The molecule has 0 radical (unpaired) electrons. The number of anilines is 1. The van der Waals surface area contributed by atoms with Gasteiger partial charge in [-0.15, -0.1) is 0 Å². The summed E-state index contributed by atoms with van der Waals surface area (Å²) in [6.07, 6.45) is 7.92. The highest BCUT2D eigenvalue weighted by Gasteiger charge is 2.35. The average molecular weight is 318 g/mol. The minimum Gasteiger partial charge on any atom is -0.331 e. The second kappa shape index (κ2) is 8.04. The van der Waals surface area contributed by atoms with Gasteiger partial charge in [-0.3, -0.25) is 9.59 Å². The summed E-state index contributed by atoms with van der Waals surface area (Å²) in [5.41, 5.74) is 0.456. The molecule has 0 aliphatic carbocycles. The molecule has 1 aliphatic rings. The molecule has 2 rings (SSSR count). The van der Waals surface area contributed by atoms with Crippen molar-refractivity contribution in [2.24, 2.45) is 5.92 Å². The number of carbonyl (C=O) groups is 2. The van der Waals surface area contributed by atoms with Gasteiger partial charge >= 0.3 is 11.8 Å². The van der Waals surface area contributed by atoms with Crippen LogP contribution in [0, 0.1) is 5.92 Å². The van der Waals surface area contributed by atoms with Crippen LogP contribution in [0.25, 0.3) is 0 Å². The van der Waals surface area contributed by atoms with E-state index >= 15 is 0 Å². The third-order valence-electron chi connectivity index (χ3n) is 4.43. The number of likely N-dealkylation sites (tertiary alicyclic amines) is 1. The second-order valence-electron chi connectivity index (χ2n) is 6.17. The molecule has 0 unspecified atom stereocenters. The fraction of sp³-hybridized carbons (Fsp3) is 0.647. The lowest BCUT2D eigenvalue weighted by Gasteiger charge is -2.29. The Bertz CT molecular complexity index is 544. The van der Waals surface area contributed by atoms with E-state index in [0.29, 0.717) is 24.0 Å². The molecule has 1 N–H and O–H groups in total. The van der Waals surface area contributed by atoms with Gasteiger partial charge in [0.25, 0.3) is 0 Å². The second-order valence-corrected chi connectivity index (χ2v) is 6.17. The molecule has 1 saturated heterocycles. The summed E-state index contributed by atoms with van der Waals surface area (Å²) in [4.78, 5) is 34.7. The van der Waals surface area contributed by atoms with Crippen LogP contribution in [0.1, 0.15) is 52.3 Å². The number of carbonyl (C=O) groups excluding carboxylic acids is 2. The fourth-order valence-electron chi connectivity index (χ4n) is 3.20. The number of aryl methyl sites for hydroxylation is 1. The first-order valence-corrected chi connectivity index (χ1v) is 8.49. The normalized spacial score (nSPS) is 18.7. The lowest BCUT2D eigenvalue weighted by molar-refractivity contribution is -0.144. The van der Waals surface area contributed by atoms with Crippen molar-refractivity contribution in [1.82, 2.24) is 14.9 Å². The average Bonchev–Trinajstić information content (AvgIpc) is 3.04. The van der Waals surface area contributed by atoms with E-state index in [9.17, 15) is 9.59 Å². The van der Waals surface area contributed by atoms with E-state index in [2.05, 4.69) is 29.1 Å². The molecule has 0 saturated carbocycles. The summed E-state index contributed by atoms with van der Waals surface area (Å²) in [7, 11) is 0. The van der Waals surface area contributed by atoms with E-state index in [1.807, 2.05) is 6.92 Å². The zero-order chi connectivity index (χ0) is 16.8. The fourth-order valence-corrected chi connectivity index (χ4v) is 3.20. The Morgan fingerprint density at radius 3 is 2.65 bits per heavy atom. The van der Waals surface area contributed by atoms with Gasteiger partial charge in [0.05, 0.1) is 18.1 Å². The van der Waals surface area contributed by atoms with Gasteiger partial charge in [-0.1, -0.05) is 27.2 Å². The van der Waals surface area contributed by atoms with E-state index in [-0.39, 0.29) is 6.04 Å². The lowest BCUT2D eigenvalue weighted by Crippen LogP contribution is -2.44. The van der Waals surface area contributed by atoms with Crippen LogP contribution in [0.3, 0.4) is 0 Å². The first-order chi connectivity index (χ1) is 11.1. The van der Waals surface area contributed by atoms with Gasteiger partial charge in [0, 0.05) is 19.0 Å². The quantitative estimate of drug-likeness (QED) is 0.846. The first kappa shape index (κ1) is 17.4. The highest BCUT2D eigenvalue weighted by Crippen LogP contribution is 2.27. The molecule has 0 spiro atoms. The molecule has 2 amide bonds. The van der Waals surface area contributed by atoms with E-state index in [0.717, 1.165) is 32.1 Å². The minimum absolute atomic E-state index is 0.173. The van der Waals surface area contributed by atoms with Crippen molar-refractivity contribution in [2.75, 3.05) is 11.9 Å². The van der Waals surface area contributed by atoms with Crippen molar-refractivity contribution in [3.8, 4) is 0 Å². The molecular weight excluding hydrogens is 292 g/mol. The minimum atomic E-state index is -0.603. The van der Waals surface area contributed by atoms with Crippen molar-refractivity contribution in [1.29, 1.82) is 0 Å². The SMILES string of the molecule is CCC[C@H](C)[C@@H]1CCCN1C(=O)C(=O)Nc1cnc(CC)nc1. The summed E-state index contributed by atoms with van der Waals surface area (Å²) in [6.45, 7) is 6.93. The Morgan fingerprint density at radius 2 is 2.04 bits per heavy atom. The molecule has 1 aromatic heterocycles. The molecular formula is C17H26N4O2. The van der Waals surface area contributed by atoms with Gasteiger partial charge in [-0.25, -0.2) is 9.97 Å². The van der Waals surface area contributed by atoms with Gasteiger partial charge < -0.3 is 10.2 Å². The molecule has 23 heavy (non-hydrogen) atoms. The highest BCUT2D eigenvalue weighted by atomic mass is 16.2. The zero-order valence-electron chi connectivity index (χ0n) is 14.2. The summed E-state index contributed by atoms with van der Waals surface area (Å²) in [5.74, 6) is 0.0808. The van der Waals surface area contributed by atoms with Gasteiger partial charge in [-0.2, -0.15) is 0 Å². The maximum atomic E-state index is 12.5. The standard InChI is InChI=1S/C17H26N4O2/c1-4-7-12(3)14-8-6-9-21(14)17(23)16(22)20-13-10-18-15(5-2)19-11-13/h10-12,14H,4-9H2,1-3H3,(H,20,22)/t12-,14-/m0/s1. The Balaban J connectivity index is 1.99. The Kier molecular flexibility index (Phi) is 6.07. The summed E-state index contributed by atoms with van der Waals surface area (Å²) < 4.78 is 0. The number of rotatable bonds is 5. The van der Waals surface area contributed by atoms with E-state index < -0.39 is 11.8 Å². The van der Waals surface area contributed by atoms with Crippen molar-refractivity contribution in [3.05, 3.63) is 18.2 Å². The number of nitrogens with zero attached hydrogens (tertiary/aromatic N) is 3. The van der Waals surface area contributed by atoms with Crippen LogP contribution < -0.4 is 5.32 Å². The van der Waals surface area contributed by atoms with Crippen LogP contribution >= 0.6 is 0 Å². The van der Waals surface area contributed by atoms with E-state index in [1.165, 1.54) is 12.4 Å². The van der Waals surface area contributed by atoms with Gasteiger partial charge in [0.1, 0.15) is 5.82 Å². The van der Waals surface area contributed by atoms with Crippen LogP contribution in [-0.4, -0.2) is 39.3 Å². The van der Waals surface area contributed by atoms with Crippen molar-refractivity contribution >= 4 is 17.5 Å². The number of amides is 2. The van der Waals surface area contributed by atoms with Gasteiger partial charge in [-0.05, 0) is 25.2 Å². The third kappa shape index (κ3) is 4.27. The van der Waals surface area contributed by atoms with Crippen molar-refractivity contribution < 1.29 is 9.59 Å². The first-order valence-electron chi connectivity index (χ1n) is 8.49. The Labute approximate surface area is 137 Å². The predicted molar refractivity (Wildman–Crippen MR) is 88.8 cm³/mol. The number of hydrogen-bond donors (Lipinski definition) is 1. The molecule has 2 atom stereocenters. The topological polar surface area (TPSA) is 75.2 Å². The summed E-state index contributed by atoms with van der Waals surface area (Å²) >= 11 is 0. The molecule has 1 fully saturated rings. The summed E-state index contributed by atoms with van der Waals surface area (Å²) in [6, 6.07) is 0.173. The Hall–Kier alpha value is -1.98.